The molecule has 0 spiro atoms. The monoisotopic (exact) mass is 515 g/mol. The van der Waals surface area contributed by atoms with Gasteiger partial charge in [0.25, 0.3) is 11.7 Å². The number of esters is 1. The van der Waals surface area contributed by atoms with Crippen molar-refractivity contribution in [1.29, 1.82) is 0 Å². The van der Waals surface area contributed by atoms with Crippen LogP contribution in [-0.2, 0) is 19.1 Å². The van der Waals surface area contributed by atoms with E-state index in [0.717, 1.165) is 13.1 Å². The number of hydrogen-bond donors (Lipinski definition) is 2. The van der Waals surface area contributed by atoms with Gasteiger partial charge in [0.15, 0.2) is 0 Å². The van der Waals surface area contributed by atoms with Crippen LogP contribution in [0.25, 0.3) is 5.76 Å². The van der Waals surface area contributed by atoms with Gasteiger partial charge in [-0.25, -0.2) is 4.79 Å². The topological polar surface area (TPSA) is 112 Å². The van der Waals surface area contributed by atoms with Crippen LogP contribution in [0.2, 0.25) is 5.02 Å². The summed E-state index contributed by atoms with van der Waals surface area (Å²) in [7, 11) is 0. The number of ether oxygens (including phenoxy) is 2. The molecule has 10 heteroatoms. The number of rotatable bonds is 7. The molecule has 3 heterocycles. The van der Waals surface area contributed by atoms with Crippen molar-refractivity contribution in [2.75, 3.05) is 46.0 Å². The van der Waals surface area contributed by atoms with Crippen LogP contribution in [0.15, 0.2) is 29.8 Å². The average Bonchev–Trinajstić information content (AvgIpc) is 3.30. The highest BCUT2D eigenvalue weighted by Crippen LogP contribution is 2.41. The van der Waals surface area contributed by atoms with E-state index >= 15 is 0 Å². The van der Waals surface area contributed by atoms with Gasteiger partial charge in [0.2, 0.25) is 0 Å². The fraction of sp³-hybridized carbons (Fsp3) is 0.423. The molecular formula is C26H30ClN3O6. The molecule has 0 aliphatic carbocycles. The number of halogens is 1. The van der Waals surface area contributed by atoms with Gasteiger partial charge in [-0.3, -0.25) is 14.5 Å². The zero-order valence-electron chi connectivity index (χ0n) is 20.6. The summed E-state index contributed by atoms with van der Waals surface area (Å²) in [6.07, 6.45) is 0. The van der Waals surface area contributed by atoms with Gasteiger partial charge in [-0.1, -0.05) is 23.7 Å². The molecule has 4 rings (SSSR count). The number of carbonyl (C=O) groups is 3. The third kappa shape index (κ3) is 4.91. The van der Waals surface area contributed by atoms with E-state index in [1.807, 2.05) is 0 Å². The van der Waals surface area contributed by atoms with Crippen molar-refractivity contribution in [3.63, 3.8) is 0 Å². The van der Waals surface area contributed by atoms with Crippen molar-refractivity contribution in [3.8, 4) is 0 Å². The van der Waals surface area contributed by atoms with E-state index in [4.69, 9.17) is 21.1 Å². The predicted octanol–water partition coefficient (Wildman–Crippen LogP) is 3.22. The zero-order chi connectivity index (χ0) is 26.0. The number of aliphatic hydroxyl groups excluding tert-OH is 1. The van der Waals surface area contributed by atoms with Crippen molar-refractivity contribution in [3.05, 3.63) is 62.9 Å². The minimum atomic E-state index is -0.803. The van der Waals surface area contributed by atoms with Crippen LogP contribution < -0.4 is 0 Å². The van der Waals surface area contributed by atoms with E-state index in [1.54, 1.807) is 45.0 Å². The minimum absolute atomic E-state index is 0.0232. The summed E-state index contributed by atoms with van der Waals surface area (Å²) in [6.45, 7) is 8.85. The molecule has 192 valence electrons. The van der Waals surface area contributed by atoms with Gasteiger partial charge < -0.3 is 24.5 Å². The van der Waals surface area contributed by atoms with Gasteiger partial charge in [-0.2, -0.15) is 0 Å². The summed E-state index contributed by atoms with van der Waals surface area (Å²) in [6, 6.07) is 6.06. The van der Waals surface area contributed by atoms with E-state index in [9.17, 15) is 19.5 Å². The van der Waals surface area contributed by atoms with Gasteiger partial charge in [-0.15, -0.1) is 0 Å². The van der Waals surface area contributed by atoms with E-state index in [2.05, 4.69) is 9.88 Å². The lowest BCUT2D eigenvalue weighted by Crippen LogP contribution is -2.42. The normalized spacial score (nSPS) is 20.2. The molecule has 0 saturated carbocycles. The van der Waals surface area contributed by atoms with Crippen LogP contribution >= 0.6 is 11.6 Å². The van der Waals surface area contributed by atoms with Crippen LogP contribution in [-0.4, -0.2) is 83.5 Å². The van der Waals surface area contributed by atoms with Crippen molar-refractivity contribution < 1.29 is 29.0 Å². The number of amides is 1. The second kappa shape index (κ2) is 10.9. The van der Waals surface area contributed by atoms with Crippen LogP contribution in [0.1, 0.15) is 45.8 Å². The molecule has 2 N–H and O–H groups in total. The molecule has 2 aliphatic heterocycles. The smallest absolute Gasteiger partial charge is 0.355 e. The summed E-state index contributed by atoms with van der Waals surface area (Å²) in [5.74, 6) is -2.34. The molecule has 1 aromatic carbocycles. The number of Topliss-reactive ketones (excluding diaryl/α,β-unsaturated/α-hetero) is 1. The van der Waals surface area contributed by atoms with Gasteiger partial charge >= 0.3 is 5.97 Å². The molecule has 1 amide bonds. The molecule has 36 heavy (non-hydrogen) atoms. The SMILES string of the molecule is CCOC(=O)c1[nH]c(C)c(C(O)=C2C(=O)C(=O)N(CCN3CCOCC3)C2c2ccc(Cl)cc2)c1C. The number of aryl methyl sites for hydroxylation is 1. The Labute approximate surface area is 214 Å². The highest BCUT2D eigenvalue weighted by molar-refractivity contribution is 6.46. The van der Waals surface area contributed by atoms with Crippen molar-refractivity contribution in [2.45, 2.75) is 26.8 Å². The third-order valence-corrected chi connectivity index (χ3v) is 6.89. The standard InChI is InChI=1S/C26H30ClN3O6/c1-4-36-26(34)21-15(2)19(16(3)28-21)23(31)20-22(17-5-7-18(27)8-6-17)30(25(33)24(20)32)10-9-29-11-13-35-14-12-29/h5-8,22,28,31H,4,9-14H2,1-3H3. The summed E-state index contributed by atoms with van der Waals surface area (Å²) in [4.78, 5) is 45.6. The maximum Gasteiger partial charge on any atom is 0.355 e. The molecule has 2 aromatic rings. The lowest BCUT2D eigenvalue weighted by Gasteiger charge is -2.31. The number of benzene rings is 1. The molecule has 9 nitrogen and oxygen atoms in total. The highest BCUT2D eigenvalue weighted by Gasteiger charge is 2.46. The summed E-state index contributed by atoms with van der Waals surface area (Å²) in [5.41, 5.74) is 2.06. The number of aromatic nitrogens is 1. The Hall–Kier alpha value is -3.14. The number of nitrogens with zero attached hydrogens (tertiary/aromatic N) is 2. The highest BCUT2D eigenvalue weighted by atomic mass is 35.5. The van der Waals surface area contributed by atoms with Crippen molar-refractivity contribution in [1.82, 2.24) is 14.8 Å². The minimum Gasteiger partial charge on any atom is -0.507 e. The number of ketones is 1. The Morgan fingerprint density at radius 2 is 1.83 bits per heavy atom. The Bertz CT molecular complexity index is 1200. The van der Waals surface area contributed by atoms with Gasteiger partial charge in [0, 0.05) is 42.5 Å². The molecule has 2 saturated heterocycles. The predicted molar refractivity (Wildman–Crippen MR) is 134 cm³/mol. The Kier molecular flexibility index (Phi) is 7.82. The molecule has 2 fully saturated rings. The molecule has 0 bridgehead atoms. The number of morpholine rings is 1. The lowest BCUT2D eigenvalue weighted by atomic mass is 9.94. The summed E-state index contributed by atoms with van der Waals surface area (Å²) < 4.78 is 10.5. The fourth-order valence-electron chi connectivity index (χ4n) is 4.82. The fourth-order valence-corrected chi connectivity index (χ4v) is 4.95. The largest absolute Gasteiger partial charge is 0.507 e. The number of aromatic amines is 1. The molecule has 1 atom stereocenters. The van der Waals surface area contributed by atoms with E-state index in [-0.39, 0.29) is 23.6 Å². The first-order chi connectivity index (χ1) is 17.2. The second-order valence-corrected chi connectivity index (χ2v) is 9.28. The Morgan fingerprint density at radius 1 is 1.17 bits per heavy atom. The Morgan fingerprint density at radius 3 is 2.47 bits per heavy atom. The first-order valence-corrected chi connectivity index (χ1v) is 12.3. The first-order valence-electron chi connectivity index (χ1n) is 11.9. The van der Waals surface area contributed by atoms with Crippen molar-refractivity contribution >= 4 is 35.0 Å². The first kappa shape index (κ1) is 25.9. The summed E-state index contributed by atoms with van der Waals surface area (Å²) >= 11 is 6.09. The lowest BCUT2D eigenvalue weighted by molar-refractivity contribution is -0.140. The number of likely N-dealkylation sites (tertiary alicyclic amines) is 1. The number of H-pyrrole nitrogens is 1. The quantitative estimate of drug-likeness (QED) is 0.252. The summed E-state index contributed by atoms with van der Waals surface area (Å²) in [5, 5.41) is 12.0. The zero-order valence-corrected chi connectivity index (χ0v) is 21.4. The van der Waals surface area contributed by atoms with Crippen LogP contribution in [0.4, 0.5) is 0 Å². The van der Waals surface area contributed by atoms with Gasteiger partial charge in [-0.05, 0) is 44.0 Å². The number of aliphatic hydroxyl groups is 1. The second-order valence-electron chi connectivity index (χ2n) is 8.84. The van der Waals surface area contributed by atoms with E-state index in [1.165, 1.54) is 4.90 Å². The molecule has 1 aromatic heterocycles. The van der Waals surface area contributed by atoms with Gasteiger partial charge in [0.05, 0.1) is 31.4 Å². The Balaban J connectivity index is 1.78. The van der Waals surface area contributed by atoms with E-state index < -0.39 is 23.7 Å². The van der Waals surface area contributed by atoms with Crippen LogP contribution in [0, 0.1) is 13.8 Å². The van der Waals surface area contributed by atoms with Crippen LogP contribution in [0.5, 0.6) is 0 Å². The van der Waals surface area contributed by atoms with Crippen LogP contribution in [0.3, 0.4) is 0 Å². The molecule has 2 aliphatic rings. The maximum absolute atomic E-state index is 13.3. The van der Waals surface area contributed by atoms with Gasteiger partial charge in [0.1, 0.15) is 11.5 Å². The van der Waals surface area contributed by atoms with Crippen molar-refractivity contribution in [2.24, 2.45) is 0 Å². The maximum atomic E-state index is 13.3. The number of hydrogen-bond acceptors (Lipinski definition) is 7. The molecular weight excluding hydrogens is 486 g/mol. The third-order valence-electron chi connectivity index (χ3n) is 6.64. The average molecular weight is 516 g/mol. The molecule has 0 radical (unpaired) electrons. The van der Waals surface area contributed by atoms with E-state index in [0.29, 0.717) is 53.7 Å². The number of nitrogens with one attached hydrogen (secondary N) is 1. The number of carbonyl (C=O) groups excluding carboxylic acids is 3. The molecule has 1 unspecified atom stereocenters.